The fourth-order valence-electron chi connectivity index (χ4n) is 3.78. The maximum Gasteiger partial charge on any atom is 0.235 e. The van der Waals surface area contributed by atoms with E-state index in [1.54, 1.807) is 17.0 Å². The molecule has 0 unspecified atom stereocenters. The molecule has 2 aromatic rings. The third-order valence-electron chi connectivity index (χ3n) is 5.44. The topological polar surface area (TPSA) is 49.4 Å². The summed E-state index contributed by atoms with van der Waals surface area (Å²) in [5.41, 5.74) is 3.07. The Morgan fingerprint density at radius 1 is 1.15 bits per heavy atom. The van der Waals surface area contributed by atoms with Crippen LogP contribution in [0.15, 0.2) is 42.5 Å². The number of amides is 2. The second-order valence-electron chi connectivity index (χ2n) is 7.02. The molecule has 0 aromatic heterocycles. The molecule has 0 atom stereocenters. The Kier molecular flexibility index (Phi) is 4.02. The van der Waals surface area contributed by atoms with Crippen LogP contribution in [0, 0.1) is 5.82 Å². The summed E-state index contributed by atoms with van der Waals surface area (Å²) in [4.78, 5) is 26.6. The van der Waals surface area contributed by atoms with Crippen molar-refractivity contribution in [3.8, 4) is 0 Å². The maximum absolute atomic E-state index is 13.2. The molecule has 1 fully saturated rings. The third kappa shape index (κ3) is 2.77. The number of anilines is 2. The van der Waals surface area contributed by atoms with Crippen LogP contribution >= 0.6 is 0 Å². The van der Waals surface area contributed by atoms with E-state index in [4.69, 9.17) is 0 Å². The van der Waals surface area contributed by atoms with Crippen molar-refractivity contribution in [2.24, 2.45) is 0 Å². The van der Waals surface area contributed by atoms with Crippen LogP contribution in [0.3, 0.4) is 0 Å². The molecule has 1 saturated carbocycles. The first-order chi connectivity index (χ1) is 12.5. The van der Waals surface area contributed by atoms with Crippen LogP contribution in [0.2, 0.25) is 0 Å². The van der Waals surface area contributed by atoms with Gasteiger partial charge in [0.1, 0.15) is 5.82 Å². The number of rotatable bonds is 4. The van der Waals surface area contributed by atoms with Crippen molar-refractivity contribution in [3.63, 3.8) is 0 Å². The molecule has 0 bridgehead atoms. The minimum absolute atomic E-state index is 0.0525. The summed E-state index contributed by atoms with van der Waals surface area (Å²) in [6.07, 6.45) is 2.73. The van der Waals surface area contributed by atoms with Gasteiger partial charge in [0.25, 0.3) is 0 Å². The van der Waals surface area contributed by atoms with Gasteiger partial charge in [0.05, 0.1) is 5.41 Å². The number of benzene rings is 2. The summed E-state index contributed by atoms with van der Waals surface area (Å²) >= 11 is 0. The van der Waals surface area contributed by atoms with Gasteiger partial charge in [-0.2, -0.15) is 0 Å². The van der Waals surface area contributed by atoms with Crippen molar-refractivity contribution in [1.82, 2.24) is 0 Å². The van der Waals surface area contributed by atoms with E-state index >= 15 is 0 Å². The monoisotopic (exact) mass is 352 g/mol. The number of fused-ring (bicyclic) bond motifs is 1. The molecule has 0 spiro atoms. The molecule has 4 nitrogen and oxygen atoms in total. The van der Waals surface area contributed by atoms with Crippen molar-refractivity contribution >= 4 is 23.2 Å². The zero-order chi connectivity index (χ0) is 18.3. The molecule has 2 aliphatic rings. The molecular formula is C21H21FN2O2. The van der Waals surface area contributed by atoms with Gasteiger partial charge >= 0.3 is 0 Å². The highest BCUT2D eigenvalue weighted by atomic mass is 19.1. The van der Waals surface area contributed by atoms with E-state index in [9.17, 15) is 14.0 Å². The standard InChI is InChI=1S/C21H21FN2O2/c1-2-24-18-9-8-17(13-14(18)3-10-19(24)25)23-20(26)21(11-12-21)15-4-6-16(22)7-5-15/h4-9,13H,2-3,10-12H2,1H3,(H,23,26). The lowest BCUT2D eigenvalue weighted by molar-refractivity contribution is -0.119. The van der Waals surface area contributed by atoms with Gasteiger partial charge in [-0.3, -0.25) is 9.59 Å². The molecule has 4 rings (SSSR count). The number of nitrogens with zero attached hydrogens (tertiary/aromatic N) is 1. The van der Waals surface area contributed by atoms with E-state index in [0.717, 1.165) is 35.3 Å². The number of carbonyl (C=O) groups is 2. The van der Waals surface area contributed by atoms with E-state index in [2.05, 4.69) is 5.32 Å². The van der Waals surface area contributed by atoms with Gasteiger partial charge in [0.15, 0.2) is 0 Å². The molecule has 0 radical (unpaired) electrons. The average molecular weight is 352 g/mol. The zero-order valence-corrected chi connectivity index (χ0v) is 14.7. The Hall–Kier alpha value is -2.69. The van der Waals surface area contributed by atoms with Gasteiger partial charge in [-0.05, 0) is 67.6 Å². The van der Waals surface area contributed by atoms with Crippen molar-refractivity contribution < 1.29 is 14.0 Å². The molecule has 26 heavy (non-hydrogen) atoms. The normalized spacial score (nSPS) is 17.6. The lowest BCUT2D eigenvalue weighted by atomic mass is 9.94. The lowest BCUT2D eigenvalue weighted by Crippen LogP contribution is -2.35. The van der Waals surface area contributed by atoms with Crippen molar-refractivity contribution in [2.45, 2.75) is 38.0 Å². The number of hydrogen-bond donors (Lipinski definition) is 1. The second kappa shape index (κ2) is 6.24. The molecule has 1 heterocycles. The van der Waals surface area contributed by atoms with E-state index in [1.807, 2.05) is 25.1 Å². The fourth-order valence-corrected chi connectivity index (χ4v) is 3.78. The van der Waals surface area contributed by atoms with Gasteiger partial charge in [-0.15, -0.1) is 0 Å². The summed E-state index contributed by atoms with van der Waals surface area (Å²) in [5, 5.41) is 3.02. The van der Waals surface area contributed by atoms with Crippen LogP contribution in [-0.4, -0.2) is 18.4 Å². The number of hydrogen-bond acceptors (Lipinski definition) is 2. The molecule has 1 N–H and O–H groups in total. The summed E-state index contributed by atoms with van der Waals surface area (Å²) in [5.74, 6) is -0.206. The van der Waals surface area contributed by atoms with Crippen LogP contribution in [-0.2, 0) is 21.4 Å². The summed E-state index contributed by atoms with van der Waals surface area (Å²) in [7, 11) is 0. The highest BCUT2D eigenvalue weighted by Crippen LogP contribution is 2.49. The van der Waals surface area contributed by atoms with Gasteiger partial charge < -0.3 is 10.2 Å². The predicted molar refractivity (Wildman–Crippen MR) is 98.7 cm³/mol. The Morgan fingerprint density at radius 2 is 1.88 bits per heavy atom. The molecule has 0 saturated heterocycles. The SMILES string of the molecule is CCN1C(=O)CCc2cc(NC(=O)C3(c4ccc(F)cc4)CC3)ccc21. The summed E-state index contributed by atoms with van der Waals surface area (Å²) in [6, 6.07) is 11.9. The molecule has 5 heteroatoms. The van der Waals surface area contributed by atoms with E-state index < -0.39 is 5.41 Å². The van der Waals surface area contributed by atoms with Crippen LogP contribution < -0.4 is 10.2 Å². The van der Waals surface area contributed by atoms with Gasteiger partial charge in [-0.1, -0.05) is 12.1 Å². The maximum atomic E-state index is 13.2. The predicted octanol–water partition coefficient (Wildman–Crippen LogP) is 3.80. The molecule has 134 valence electrons. The van der Waals surface area contributed by atoms with Crippen LogP contribution in [0.1, 0.15) is 37.3 Å². The summed E-state index contributed by atoms with van der Waals surface area (Å²) < 4.78 is 13.2. The van der Waals surface area contributed by atoms with Crippen LogP contribution in [0.5, 0.6) is 0 Å². The Morgan fingerprint density at radius 3 is 2.54 bits per heavy atom. The first-order valence-electron chi connectivity index (χ1n) is 9.04. The number of halogens is 1. The summed E-state index contributed by atoms with van der Waals surface area (Å²) in [6.45, 7) is 2.60. The molecule has 2 aromatic carbocycles. The van der Waals surface area contributed by atoms with E-state index in [0.29, 0.717) is 19.4 Å². The first-order valence-corrected chi connectivity index (χ1v) is 9.04. The van der Waals surface area contributed by atoms with E-state index in [1.165, 1.54) is 12.1 Å². The smallest absolute Gasteiger partial charge is 0.235 e. The molecule has 1 aliphatic carbocycles. The highest BCUT2D eigenvalue weighted by Gasteiger charge is 2.51. The molecule has 2 amide bonds. The Balaban J connectivity index is 1.55. The lowest BCUT2D eigenvalue weighted by Gasteiger charge is -2.29. The Bertz CT molecular complexity index is 872. The molecular weight excluding hydrogens is 331 g/mol. The van der Waals surface area contributed by atoms with Gasteiger partial charge in [0, 0.05) is 24.3 Å². The second-order valence-corrected chi connectivity index (χ2v) is 7.02. The minimum atomic E-state index is -0.547. The van der Waals surface area contributed by atoms with Crippen molar-refractivity contribution in [1.29, 1.82) is 0 Å². The van der Waals surface area contributed by atoms with Gasteiger partial charge in [0.2, 0.25) is 11.8 Å². The van der Waals surface area contributed by atoms with Crippen LogP contribution in [0.4, 0.5) is 15.8 Å². The number of nitrogens with one attached hydrogen (secondary N) is 1. The van der Waals surface area contributed by atoms with Gasteiger partial charge in [-0.25, -0.2) is 4.39 Å². The van der Waals surface area contributed by atoms with E-state index in [-0.39, 0.29) is 17.6 Å². The molecule has 1 aliphatic heterocycles. The zero-order valence-electron chi connectivity index (χ0n) is 14.7. The van der Waals surface area contributed by atoms with Crippen LogP contribution in [0.25, 0.3) is 0 Å². The van der Waals surface area contributed by atoms with Crippen molar-refractivity contribution in [3.05, 3.63) is 59.4 Å². The first kappa shape index (κ1) is 16.8. The average Bonchev–Trinajstić information content (AvgIpc) is 3.44. The third-order valence-corrected chi connectivity index (χ3v) is 5.44. The van der Waals surface area contributed by atoms with Crippen molar-refractivity contribution in [2.75, 3.05) is 16.8 Å². The quantitative estimate of drug-likeness (QED) is 0.910. The minimum Gasteiger partial charge on any atom is -0.325 e. The number of carbonyl (C=O) groups excluding carboxylic acids is 2. The highest BCUT2D eigenvalue weighted by molar-refractivity contribution is 6.02. The largest absolute Gasteiger partial charge is 0.325 e. The Labute approximate surface area is 152 Å². The number of aryl methyl sites for hydroxylation is 1. The fraction of sp³-hybridized carbons (Fsp3) is 0.333.